The number of nitrogens with zero attached hydrogens (tertiary/aromatic N) is 2. The van der Waals surface area contributed by atoms with E-state index in [1.54, 1.807) is 0 Å². The fourth-order valence-corrected chi connectivity index (χ4v) is 4.75. The first-order valence-electron chi connectivity index (χ1n) is 11.2. The average Bonchev–Trinajstić information content (AvgIpc) is 2.83. The summed E-state index contributed by atoms with van der Waals surface area (Å²) in [5.41, 5.74) is 11.0. The van der Waals surface area contributed by atoms with Crippen molar-refractivity contribution in [2.75, 3.05) is 7.05 Å². The van der Waals surface area contributed by atoms with Crippen molar-refractivity contribution < 1.29 is 0 Å². The summed E-state index contributed by atoms with van der Waals surface area (Å²) in [5.74, 6) is 0. The molecule has 0 saturated carbocycles. The van der Waals surface area contributed by atoms with Crippen molar-refractivity contribution in [1.29, 1.82) is 5.26 Å². The van der Waals surface area contributed by atoms with Gasteiger partial charge in [-0.05, 0) is 72.9 Å². The molecule has 1 aliphatic rings. The van der Waals surface area contributed by atoms with Crippen molar-refractivity contribution >= 4 is 22.2 Å². The number of nitrogens with one attached hydrogen (secondary N) is 1. The van der Waals surface area contributed by atoms with Crippen LogP contribution in [0.3, 0.4) is 0 Å². The predicted molar refractivity (Wildman–Crippen MR) is 134 cm³/mol. The van der Waals surface area contributed by atoms with Gasteiger partial charge in [0.05, 0.1) is 11.6 Å². The van der Waals surface area contributed by atoms with Crippen molar-refractivity contribution in [2.45, 2.75) is 39.0 Å². The molecular weight excluding hydrogens is 390 g/mol. The van der Waals surface area contributed by atoms with E-state index < -0.39 is 0 Å². The first-order valence-corrected chi connectivity index (χ1v) is 11.2. The number of allylic oxidation sites excluding steroid dienone is 2. The van der Waals surface area contributed by atoms with E-state index in [1.165, 1.54) is 28.5 Å². The molecule has 0 atom stereocenters. The van der Waals surface area contributed by atoms with Gasteiger partial charge in [0.15, 0.2) is 0 Å². The van der Waals surface area contributed by atoms with Gasteiger partial charge in [0, 0.05) is 41.0 Å². The van der Waals surface area contributed by atoms with Gasteiger partial charge < -0.3 is 5.32 Å². The molecule has 1 aromatic heterocycles. The molecular formula is C29H29N3. The lowest BCUT2D eigenvalue weighted by atomic mass is 9.85. The summed E-state index contributed by atoms with van der Waals surface area (Å²) < 4.78 is 0. The van der Waals surface area contributed by atoms with Gasteiger partial charge in [-0.15, -0.1) is 0 Å². The zero-order valence-corrected chi connectivity index (χ0v) is 19.0. The highest BCUT2D eigenvalue weighted by Crippen LogP contribution is 2.37. The highest BCUT2D eigenvalue weighted by molar-refractivity contribution is 5.99. The third-order valence-corrected chi connectivity index (χ3v) is 6.44. The van der Waals surface area contributed by atoms with Gasteiger partial charge in [-0.1, -0.05) is 49.6 Å². The normalized spacial score (nSPS) is 13.3. The van der Waals surface area contributed by atoms with E-state index >= 15 is 0 Å². The zero-order chi connectivity index (χ0) is 22.7. The topological polar surface area (TPSA) is 48.7 Å². The second kappa shape index (κ2) is 9.24. The quantitative estimate of drug-likeness (QED) is 0.439. The van der Waals surface area contributed by atoms with E-state index in [4.69, 9.17) is 10.2 Å². The van der Waals surface area contributed by atoms with Crippen LogP contribution in [-0.2, 0) is 12.8 Å². The third-order valence-electron chi connectivity index (χ3n) is 6.44. The minimum Gasteiger partial charge on any atom is -0.388 e. The second-order valence-corrected chi connectivity index (χ2v) is 8.46. The van der Waals surface area contributed by atoms with Crippen LogP contribution in [-0.4, -0.2) is 12.0 Å². The fraction of sp³-hybridized carbons (Fsp3) is 0.241. The Bertz CT molecular complexity index is 1280. The lowest BCUT2D eigenvalue weighted by Crippen LogP contribution is -2.10. The van der Waals surface area contributed by atoms with Gasteiger partial charge in [0.1, 0.15) is 0 Å². The molecule has 1 N–H and O–H groups in total. The molecule has 0 fully saturated rings. The summed E-state index contributed by atoms with van der Waals surface area (Å²) in [7, 11) is 1.95. The smallest absolute Gasteiger partial charge is 0.0940 e. The summed E-state index contributed by atoms with van der Waals surface area (Å²) in [6.07, 6.45) is 6.79. The first-order chi connectivity index (χ1) is 15.5. The Labute approximate surface area is 190 Å². The van der Waals surface area contributed by atoms with E-state index in [0.29, 0.717) is 12.0 Å². The standard InChI is InChI=1S/C29H29N3/c1-19(18-30)12-13-20(2)28(31-4)26-11-6-5-10-24(26)21(3)25-15-14-22-8-7-9-23-16-17-32-29(25)27(22)23/h5-6,10-11,14-17,31H,1,3,7-9,12-13H2,2,4H3/b28-20+. The number of aryl methyl sites for hydroxylation is 2. The summed E-state index contributed by atoms with van der Waals surface area (Å²) in [5, 5.41) is 13.8. The maximum Gasteiger partial charge on any atom is 0.0940 e. The summed E-state index contributed by atoms with van der Waals surface area (Å²) in [6.45, 7) is 10.5. The molecule has 0 bridgehead atoms. The first kappa shape index (κ1) is 21.6. The Kier molecular flexibility index (Phi) is 6.23. The van der Waals surface area contributed by atoms with Crippen LogP contribution >= 0.6 is 0 Å². The molecule has 1 heterocycles. The van der Waals surface area contributed by atoms with E-state index in [2.05, 4.69) is 73.9 Å². The van der Waals surface area contributed by atoms with Crippen molar-refractivity contribution in [2.24, 2.45) is 0 Å². The zero-order valence-electron chi connectivity index (χ0n) is 19.0. The Hall–Kier alpha value is -3.64. The van der Waals surface area contributed by atoms with Gasteiger partial charge in [-0.2, -0.15) is 5.26 Å². The molecule has 0 saturated heterocycles. The summed E-state index contributed by atoms with van der Waals surface area (Å²) >= 11 is 0. The van der Waals surface area contributed by atoms with E-state index in [9.17, 15) is 0 Å². The SMILES string of the molecule is C=C(C#N)CC/C(C)=C(/NC)c1ccccc1C(=C)c1ccc2c3c(ccnc13)CCC2. The Morgan fingerprint density at radius 2 is 1.72 bits per heavy atom. The number of aromatic nitrogens is 1. The largest absolute Gasteiger partial charge is 0.388 e. The molecule has 2 aromatic carbocycles. The lowest BCUT2D eigenvalue weighted by Gasteiger charge is -2.21. The van der Waals surface area contributed by atoms with Crippen LogP contribution < -0.4 is 5.32 Å². The molecule has 3 heteroatoms. The molecule has 32 heavy (non-hydrogen) atoms. The van der Waals surface area contributed by atoms with Crippen LogP contribution in [0.5, 0.6) is 0 Å². The van der Waals surface area contributed by atoms with E-state index in [-0.39, 0.29) is 0 Å². The van der Waals surface area contributed by atoms with Crippen LogP contribution in [0, 0.1) is 11.3 Å². The molecule has 0 aliphatic heterocycles. The van der Waals surface area contributed by atoms with Crippen LogP contribution in [0.4, 0.5) is 0 Å². The van der Waals surface area contributed by atoms with Crippen LogP contribution in [0.25, 0.3) is 22.2 Å². The number of benzene rings is 2. The number of hydrogen-bond acceptors (Lipinski definition) is 3. The molecule has 0 radical (unpaired) electrons. The van der Waals surface area contributed by atoms with Crippen LogP contribution in [0.1, 0.15) is 54.0 Å². The molecule has 3 nitrogen and oxygen atoms in total. The van der Waals surface area contributed by atoms with Crippen molar-refractivity contribution in [1.82, 2.24) is 10.3 Å². The van der Waals surface area contributed by atoms with Crippen molar-refractivity contribution in [3.63, 3.8) is 0 Å². The van der Waals surface area contributed by atoms with Gasteiger partial charge in [0.2, 0.25) is 0 Å². The Morgan fingerprint density at radius 1 is 1.00 bits per heavy atom. The second-order valence-electron chi connectivity index (χ2n) is 8.46. The van der Waals surface area contributed by atoms with Gasteiger partial charge in [0.25, 0.3) is 0 Å². The average molecular weight is 420 g/mol. The Balaban J connectivity index is 1.80. The predicted octanol–water partition coefficient (Wildman–Crippen LogP) is 6.60. The van der Waals surface area contributed by atoms with Crippen LogP contribution in [0.15, 0.2) is 73.0 Å². The van der Waals surface area contributed by atoms with Crippen molar-refractivity contribution in [3.05, 3.63) is 101 Å². The number of nitriles is 1. The van der Waals surface area contributed by atoms with Gasteiger partial charge in [-0.3, -0.25) is 4.98 Å². The molecule has 0 amide bonds. The molecule has 0 spiro atoms. The lowest BCUT2D eigenvalue weighted by molar-refractivity contribution is 0.806. The minimum absolute atomic E-state index is 0.604. The monoisotopic (exact) mass is 419 g/mol. The maximum atomic E-state index is 9.05. The van der Waals surface area contributed by atoms with E-state index in [0.717, 1.165) is 52.7 Å². The molecule has 160 valence electrons. The third kappa shape index (κ3) is 3.97. The summed E-state index contributed by atoms with van der Waals surface area (Å²) in [6, 6.07) is 17.1. The number of pyridine rings is 1. The number of rotatable bonds is 7. The Morgan fingerprint density at radius 3 is 2.44 bits per heavy atom. The molecule has 4 rings (SSSR count). The fourth-order valence-electron chi connectivity index (χ4n) is 4.75. The maximum absolute atomic E-state index is 9.05. The minimum atomic E-state index is 0.604. The van der Waals surface area contributed by atoms with Gasteiger partial charge in [-0.25, -0.2) is 0 Å². The van der Waals surface area contributed by atoms with Crippen molar-refractivity contribution in [3.8, 4) is 6.07 Å². The van der Waals surface area contributed by atoms with E-state index in [1.807, 2.05) is 13.2 Å². The molecule has 1 aliphatic carbocycles. The molecule has 0 unspecified atom stereocenters. The van der Waals surface area contributed by atoms with Gasteiger partial charge >= 0.3 is 0 Å². The summed E-state index contributed by atoms with van der Waals surface area (Å²) in [4.78, 5) is 4.79. The highest BCUT2D eigenvalue weighted by atomic mass is 14.8. The van der Waals surface area contributed by atoms with Crippen LogP contribution in [0.2, 0.25) is 0 Å². The molecule has 3 aromatic rings. The highest BCUT2D eigenvalue weighted by Gasteiger charge is 2.19. The number of hydrogen-bond donors (Lipinski definition) is 1.